The van der Waals surface area contributed by atoms with E-state index in [-0.39, 0.29) is 42.0 Å². The smallest absolute Gasteiger partial charge is 0.263 e. The van der Waals surface area contributed by atoms with Crippen LogP contribution in [0.15, 0.2) is 24.5 Å². The maximum absolute atomic E-state index is 13.6. The maximum atomic E-state index is 13.6. The Bertz CT molecular complexity index is 1370. The molecule has 2 aromatic heterocycles. The lowest BCUT2D eigenvalue weighted by molar-refractivity contribution is -0.125. The normalized spacial score (nSPS) is 20.9. The van der Waals surface area contributed by atoms with E-state index in [1.54, 1.807) is 13.0 Å². The van der Waals surface area contributed by atoms with Gasteiger partial charge in [-0.1, -0.05) is 6.92 Å². The Balaban J connectivity index is 1.42. The van der Waals surface area contributed by atoms with E-state index in [4.69, 9.17) is 9.47 Å². The lowest BCUT2D eigenvalue weighted by Crippen LogP contribution is -2.40. The van der Waals surface area contributed by atoms with Gasteiger partial charge in [0.2, 0.25) is 5.91 Å². The Labute approximate surface area is 225 Å². The number of aromatic amines is 1. The molecule has 0 aliphatic heterocycles. The van der Waals surface area contributed by atoms with Crippen LogP contribution in [0.4, 0.5) is 8.78 Å². The first-order valence-corrected chi connectivity index (χ1v) is 13.2. The first-order chi connectivity index (χ1) is 18.7. The molecule has 2 saturated carbocycles. The monoisotopic (exact) mass is 541 g/mol. The van der Waals surface area contributed by atoms with Crippen LogP contribution in [0.25, 0.3) is 22.3 Å². The number of H-pyrrole nitrogens is 1. The van der Waals surface area contributed by atoms with Crippen LogP contribution in [0.1, 0.15) is 60.6 Å². The number of alkyl halides is 2. The summed E-state index contributed by atoms with van der Waals surface area (Å²) in [6.45, 7) is 4.31. The zero-order valence-corrected chi connectivity index (χ0v) is 22.2. The van der Waals surface area contributed by atoms with Gasteiger partial charge >= 0.3 is 0 Å². The number of ether oxygens (including phenoxy) is 2. The number of aryl methyl sites for hydroxylation is 1. The molecule has 2 fully saturated rings. The van der Waals surface area contributed by atoms with Crippen molar-refractivity contribution in [2.75, 3.05) is 20.3 Å². The second kappa shape index (κ2) is 11.3. The number of rotatable bonds is 10. The lowest BCUT2D eigenvalue weighted by Gasteiger charge is -2.16. The molecule has 0 spiro atoms. The summed E-state index contributed by atoms with van der Waals surface area (Å²) >= 11 is 0. The standard InChI is InChI=1S/C28H33F2N5O4/c1-14-8-18(10-20(14)35-22(36)12-38-3)34-28(37)23-15(2)33-26-24(31-13-32-25(23)26)19-9-17(27(29)30)6-7-21(19)39-11-16-4-5-16/h6-7,9,13-14,16,18,20,27,33H,4-5,8,10-12H2,1-3H3,(H,34,37)(H,35,36). The van der Waals surface area contributed by atoms with E-state index in [1.165, 1.54) is 25.6 Å². The zero-order chi connectivity index (χ0) is 27.7. The van der Waals surface area contributed by atoms with E-state index in [9.17, 15) is 18.4 Å². The molecule has 0 radical (unpaired) electrons. The molecule has 3 unspecified atom stereocenters. The van der Waals surface area contributed by atoms with Crippen LogP contribution < -0.4 is 15.4 Å². The van der Waals surface area contributed by atoms with Gasteiger partial charge in [-0.15, -0.1) is 0 Å². The molecule has 2 amide bonds. The number of nitrogens with one attached hydrogen (secondary N) is 3. The number of aromatic nitrogens is 3. The van der Waals surface area contributed by atoms with Crippen molar-refractivity contribution in [3.8, 4) is 17.0 Å². The lowest BCUT2D eigenvalue weighted by atomic mass is 10.0. The predicted octanol–water partition coefficient (Wildman–Crippen LogP) is 4.32. The highest BCUT2D eigenvalue weighted by Crippen LogP contribution is 2.38. The van der Waals surface area contributed by atoms with Crippen molar-refractivity contribution in [3.63, 3.8) is 0 Å². The second-order valence-electron chi connectivity index (χ2n) is 10.6. The molecule has 5 rings (SSSR count). The average molecular weight is 542 g/mol. The molecule has 3 N–H and O–H groups in total. The van der Waals surface area contributed by atoms with Gasteiger partial charge < -0.3 is 25.1 Å². The van der Waals surface area contributed by atoms with Gasteiger partial charge in [0.05, 0.1) is 17.7 Å². The predicted molar refractivity (Wildman–Crippen MR) is 141 cm³/mol. The van der Waals surface area contributed by atoms with Gasteiger partial charge in [-0.05, 0) is 62.6 Å². The molecular weight excluding hydrogens is 508 g/mol. The van der Waals surface area contributed by atoms with Crippen LogP contribution in [0, 0.1) is 18.8 Å². The van der Waals surface area contributed by atoms with E-state index >= 15 is 0 Å². The number of carbonyl (C=O) groups is 2. The van der Waals surface area contributed by atoms with Crippen molar-refractivity contribution in [2.24, 2.45) is 11.8 Å². The fraction of sp³-hybridized carbons (Fsp3) is 0.500. The number of carbonyl (C=O) groups excluding carboxylic acids is 2. The highest BCUT2D eigenvalue weighted by Gasteiger charge is 2.34. The third kappa shape index (κ3) is 5.88. The Hall–Kier alpha value is -3.60. The zero-order valence-electron chi connectivity index (χ0n) is 22.2. The fourth-order valence-electron chi connectivity index (χ4n) is 5.29. The Morgan fingerprint density at radius 2 is 1.97 bits per heavy atom. The minimum Gasteiger partial charge on any atom is -0.493 e. The van der Waals surface area contributed by atoms with E-state index in [2.05, 4.69) is 25.6 Å². The summed E-state index contributed by atoms with van der Waals surface area (Å²) in [4.78, 5) is 37.4. The van der Waals surface area contributed by atoms with Gasteiger partial charge in [-0.3, -0.25) is 9.59 Å². The number of hydrogen-bond donors (Lipinski definition) is 3. The van der Waals surface area contributed by atoms with Gasteiger partial charge in [0.25, 0.3) is 12.3 Å². The molecule has 2 aliphatic rings. The van der Waals surface area contributed by atoms with E-state index in [0.717, 1.165) is 12.8 Å². The van der Waals surface area contributed by atoms with Crippen LogP contribution in [-0.4, -0.2) is 59.2 Å². The van der Waals surface area contributed by atoms with Crippen molar-refractivity contribution < 1.29 is 27.8 Å². The third-order valence-corrected chi connectivity index (χ3v) is 7.52. The molecule has 208 valence electrons. The summed E-state index contributed by atoms with van der Waals surface area (Å²) in [5.74, 6) is 0.647. The van der Waals surface area contributed by atoms with Crippen LogP contribution in [0.2, 0.25) is 0 Å². The maximum Gasteiger partial charge on any atom is 0.263 e. The van der Waals surface area contributed by atoms with Crippen LogP contribution >= 0.6 is 0 Å². The number of hydrogen-bond acceptors (Lipinski definition) is 6. The number of amides is 2. The summed E-state index contributed by atoms with van der Waals surface area (Å²) in [6, 6.07) is 4.12. The van der Waals surface area contributed by atoms with Gasteiger partial charge in [-0.25, -0.2) is 18.7 Å². The Morgan fingerprint density at radius 1 is 1.18 bits per heavy atom. The number of methoxy groups -OCH3 is 1. The molecule has 3 aromatic rings. The largest absolute Gasteiger partial charge is 0.493 e. The van der Waals surface area contributed by atoms with Crippen molar-refractivity contribution in [2.45, 2.75) is 58.0 Å². The van der Waals surface area contributed by atoms with Crippen LogP contribution in [0.3, 0.4) is 0 Å². The van der Waals surface area contributed by atoms with Crippen LogP contribution in [-0.2, 0) is 9.53 Å². The molecule has 2 aliphatic carbocycles. The molecule has 11 heteroatoms. The molecule has 9 nitrogen and oxygen atoms in total. The van der Waals surface area contributed by atoms with E-state index < -0.39 is 6.43 Å². The summed E-state index contributed by atoms with van der Waals surface area (Å²) in [7, 11) is 1.47. The summed E-state index contributed by atoms with van der Waals surface area (Å²) < 4.78 is 38.1. The minimum atomic E-state index is -2.65. The summed E-state index contributed by atoms with van der Waals surface area (Å²) in [6.07, 6.45) is 2.19. The first kappa shape index (κ1) is 27.0. The topological polar surface area (TPSA) is 118 Å². The van der Waals surface area contributed by atoms with Crippen molar-refractivity contribution in [1.82, 2.24) is 25.6 Å². The SMILES string of the molecule is COCC(=O)NC1CC(NC(=O)c2c(C)[nH]c3c(-c4cc(C(F)F)ccc4OCC4CC4)ncnc23)CC1C. The van der Waals surface area contributed by atoms with Gasteiger partial charge in [0, 0.05) is 36.0 Å². The van der Waals surface area contributed by atoms with Gasteiger partial charge in [-0.2, -0.15) is 0 Å². The van der Waals surface area contributed by atoms with E-state index in [1.807, 2.05) is 6.92 Å². The molecule has 2 heterocycles. The highest BCUT2D eigenvalue weighted by molar-refractivity contribution is 6.09. The Kier molecular flexibility index (Phi) is 7.79. The molecule has 1 aromatic carbocycles. The van der Waals surface area contributed by atoms with Crippen molar-refractivity contribution in [3.05, 3.63) is 41.3 Å². The van der Waals surface area contributed by atoms with Crippen molar-refractivity contribution in [1.29, 1.82) is 0 Å². The van der Waals surface area contributed by atoms with E-state index in [0.29, 0.717) is 64.7 Å². The fourth-order valence-corrected chi connectivity index (χ4v) is 5.29. The number of benzene rings is 1. The number of nitrogens with zero attached hydrogens (tertiary/aromatic N) is 2. The minimum absolute atomic E-state index is 0.00955. The van der Waals surface area contributed by atoms with Gasteiger partial charge in [0.1, 0.15) is 29.9 Å². The van der Waals surface area contributed by atoms with Gasteiger partial charge in [0.15, 0.2) is 0 Å². The second-order valence-corrected chi connectivity index (χ2v) is 10.6. The average Bonchev–Trinajstić information content (AvgIpc) is 3.57. The molecule has 39 heavy (non-hydrogen) atoms. The summed E-state index contributed by atoms with van der Waals surface area (Å²) in [5.41, 5.74) is 2.52. The first-order valence-electron chi connectivity index (χ1n) is 13.2. The quantitative estimate of drug-likeness (QED) is 0.352. The molecule has 0 saturated heterocycles. The molecule has 0 bridgehead atoms. The highest BCUT2D eigenvalue weighted by atomic mass is 19.3. The summed E-state index contributed by atoms with van der Waals surface area (Å²) in [5, 5.41) is 6.05. The third-order valence-electron chi connectivity index (χ3n) is 7.52. The number of halogens is 2. The van der Waals surface area contributed by atoms with Crippen molar-refractivity contribution >= 4 is 22.8 Å². The Morgan fingerprint density at radius 3 is 2.69 bits per heavy atom. The van der Waals surface area contributed by atoms with Crippen LogP contribution in [0.5, 0.6) is 5.75 Å². The number of fused-ring (bicyclic) bond motifs is 1. The molecular formula is C28H33F2N5O4. The molecule has 3 atom stereocenters.